The molecule has 0 saturated heterocycles. The number of carbonyl (C=O) groups is 1. The van der Waals surface area contributed by atoms with E-state index in [1.165, 1.54) is 0 Å². The van der Waals surface area contributed by atoms with Crippen molar-refractivity contribution < 1.29 is 9.53 Å². The quantitative estimate of drug-likeness (QED) is 0.686. The molecule has 0 radical (unpaired) electrons. The number of hydrogen-bond acceptors (Lipinski definition) is 3. The van der Waals surface area contributed by atoms with E-state index in [9.17, 15) is 4.79 Å². The molecular weight excluding hydrogens is 144 g/mol. The van der Waals surface area contributed by atoms with Gasteiger partial charge in [-0.15, -0.1) is 0 Å². The van der Waals surface area contributed by atoms with Gasteiger partial charge in [-0.25, -0.2) is 4.79 Å². The molecule has 0 spiro atoms. The number of carbonyl (C=O) groups excluding carboxylic acids is 1. The van der Waals surface area contributed by atoms with Crippen LogP contribution in [-0.4, -0.2) is 31.2 Å². The highest BCUT2D eigenvalue weighted by molar-refractivity contribution is 5.67. The maximum Gasteiger partial charge on any atom is 0.409 e. The van der Waals surface area contributed by atoms with Gasteiger partial charge in [0.25, 0.3) is 0 Å². The largest absolute Gasteiger partial charge is 0.450 e. The molecule has 68 valence electrons. The van der Waals surface area contributed by atoms with Gasteiger partial charge in [0.15, 0.2) is 0 Å². The summed E-state index contributed by atoms with van der Waals surface area (Å²) in [6.45, 7) is 5.04. The van der Waals surface area contributed by atoms with Gasteiger partial charge in [-0.3, -0.25) is 0 Å². The summed E-state index contributed by atoms with van der Waals surface area (Å²) in [5.41, 5.74) is 0. The normalized spacial score (nSPS) is 8.27. The zero-order chi connectivity index (χ0) is 7.98. The van der Waals surface area contributed by atoms with Crippen LogP contribution in [0.5, 0.6) is 0 Å². The fourth-order valence-corrected chi connectivity index (χ4v) is 0.660. The lowest BCUT2D eigenvalue weighted by atomic mass is 10.5. The topological polar surface area (TPSA) is 64.5 Å². The Bertz CT molecular complexity index is 107. The molecule has 3 N–H and O–H groups in total. The summed E-state index contributed by atoms with van der Waals surface area (Å²) in [5.74, 6) is 0. The van der Waals surface area contributed by atoms with Crippen LogP contribution in [-0.2, 0) is 4.74 Å². The molecule has 0 rings (SSSR count). The predicted molar refractivity (Wildman–Crippen MR) is 45.0 cm³/mol. The average Bonchev–Trinajstić information content (AvgIpc) is 1.89. The van der Waals surface area contributed by atoms with Crippen LogP contribution in [0.4, 0.5) is 4.79 Å². The van der Waals surface area contributed by atoms with E-state index in [0.29, 0.717) is 6.61 Å². The Hall–Kier alpha value is -0.770. The van der Waals surface area contributed by atoms with E-state index < -0.39 is 0 Å². The minimum absolute atomic E-state index is 0. The van der Waals surface area contributed by atoms with Gasteiger partial charge in [0.2, 0.25) is 0 Å². The van der Waals surface area contributed by atoms with Crippen molar-refractivity contribution in [3.63, 3.8) is 0 Å². The van der Waals surface area contributed by atoms with E-state index in [1.807, 2.05) is 6.92 Å². The SMILES string of the molecule is CCCN(C)C(=O)OCC.N. The first-order chi connectivity index (χ1) is 4.72. The molecule has 11 heavy (non-hydrogen) atoms. The maximum absolute atomic E-state index is 10.8. The van der Waals surface area contributed by atoms with Crippen LogP contribution in [0.1, 0.15) is 20.3 Å². The summed E-state index contributed by atoms with van der Waals surface area (Å²) in [7, 11) is 1.74. The molecule has 0 saturated carbocycles. The van der Waals surface area contributed by atoms with Crippen LogP contribution in [0.25, 0.3) is 0 Å². The van der Waals surface area contributed by atoms with Crippen LogP contribution in [0.2, 0.25) is 0 Å². The second kappa shape index (κ2) is 7.34. The molecule has 0 fully saturated rings. The summed E-state index contributed by atoms with van der Waals surface area (Å²) in [6, 6.07) is 0. The molecular formula is C7H18N2O2. The number of rotatable bonds is 3. The number of hydrogen-bond donors (Lipinski definition) is 1. The van der Waals surface area contributed by atoms with Crippen LogP contribution in [0, 0.1) is 0 Å². The zero-order valence-electron chi connectivity index (χ0n) is 7.59. The summed E-state index contributed by atoms with van der Waals surface area (Å²) in [6.07, 6.45) is 0.735. The molecule has 1 amide bonds. The third-order valence-corrected chi connectivity index (χ3v) is 1.14. The van der Waals surface area contributed by atoms with Crippen molar-refractivity contribution in [1.29, 1.82) is 0 Å². The fourth-order valence-electron chi connectivity index (χ4n) is 0.660. The van der Waals surface area contributed by atoms with Gasteiger partial charge in [-0.2, -0.15) is 0 Å². The van der Waals surface area contributed by atoms with Gasteiger partial charge in [0.05, 0.1) is 6.61 Å². The molecule has 0 aromatic heterocycles. The molecule has 4 heteroatoms. The molecule has 0 aromatic rings. The second-order valence-electron chi connectivity index (χ2n) is 2.12. The van der Waals surface area contributed by atoms with Crippen molar-refractivity contribution >= 4 is 6.09 Å². The monoisotopic (exact) mass is 162 g/mol. The molecule has 0 bridgehead atoms. The van der Waals surface area contributed by atoms with E-state index in [1.54, 1.807) is 18.9 Å². The van der Waals surface area contributed by atoms with Crippen LogP contribution >= 0.6 is 0 Å². The van der Waals surface area contributed by atoms with Gasteiger partial charge in [-0.1, -0.05) is 6.92 Å². The first-order valence-electron chi connectivity index (χ1n) is 3.60. The molecule has 4 nitrogen and oxygen atoms in total. The van der Waals surface area contributed by atoms with E-state index in [-0.39, 0.29) is 12.2 Å². The van der Waals surface area contributed by atoms with E-state index in [2.05, 4.69) is 0 Å². The van der Waals surface area contributed by atoms with Crippen molar-refractivity contribution in [2.75, 3.05) is 20.2 Å². The van der Waals surface area contributed by atoms with Gasteiger partial charge >= 0.3 is 6.09 Å². The summed E-state index contributed by atoms with van der Waals surface area (Å²) in [5, 5.41) is 0. The first-order valence-corrected chi connectivity index (χ1v) is 3.60. The van der Waals surface area contributed by atoms with Crippen LogP contribution < -0.4 is 6.15 Å². The highest BCUT2D eigenvalue weighted by Crippen LogP contribution is 1.90. The lowest BCUT2D eigenvalue weighted by molar-refractivity contribution is 0.116. The minimum atomic E-state index is -0.232. The predicted octanol–water partition coefficient (Wildman–Crippen LogP) is 1.65. The smallest absolute Gasteiger partial charge is 0.409 e. The molecule has 0 atom stereocenters. The van der Waals surface area contributed by atoms with E-state index in [4.69, 9.17) is 4.74 Å². The molecule has 0 heterocycles. The number of amides is 1. The summed E-state index contributed by atoms with van der Waals surface area (Å²) < 4.78 is 4.74. The number of ether oxygens (including phenoxy) is 1. The Labute approximate surface area is 68.1 Å². The van der Waals surface area contributed by atoms with Gasteiger partial charge < -0.3 is 15.8 Å². The Kier molecular flexibility index (Phi) is 8.58. The van der Waals surface area contributed by atoms with Crippen LogP contribution in [0.15, 0.2) is 0 Å². The molecule has 0 aliphatic heterocycles. The van der Waals surface area contributed by atoms with Crippen molar-refractivity contribution in [2.24, 2.45) is 0 Å². The molecule has 0 unspecified atom stereocenters. The Morgan fingerprint density at radius 1 is 1.45 bits per heavy atom. The Morgan fingerprint density at radius 3 is 2.36 bits per heavy atom. The third-order valence-electron chi connectivity index (χ3n) is 1.14. The van der Waals surface area contributed by atoms with E-state index in [0.717, 1.165) is 13.0 Å². The Balaban J connectivity index is 0. The summed E-state index contributed by atoms with van der Waals surface area (Å²) >= 11 is 0. The standard InChI is InChI=1S/C7H15NO2.H3N/c1-4-6-8(3)7(9)10-5-2;/h4-6H2,1-3H3;1H3. The maximum atomic E-state index is 10.8. The minimum Gasteiger partial charge on any atom is -0.450 e. The van der Waals surface area contributed by atoms with Gasteiger partial charge in [-0.05, 0) is 13.3 Å². The molecule has 0 aliphatic rings. The Morgan fingerprint density at radius 2 is 2.00 bits per heavy atom. The highest BCUT2D eigenvalue weighted by atomic mass is 16.5. The molecule has 0 aromatic carbocycles. The summed E-state index contributed by atoms with van der Waals surface area (Å²) in [4.78, 5) is 12.4. The van der Waals surface area contributed by atoms with Crippen molar-refractivity contribution in [3.8, 4) is 0 Å². The van der Waals surface area contributed by atoms with Crippen molar-refractivity contribution in [3.05, 3.63) is 0 Å². The second-order valence-corrected chi connectivity index (χ2v) is 2.12. The van der Waals surface area contributed by atoms with E-state index >= 15 is 0 Å². The zero-order valence-corrected chi connectivity index (χ0v) is 7.59. The van der Waals surface area contributed by atoms with Crippen molar-refractivity contribution in [2.45, 2.75) is 20.3 Å². The van der Waals surface area contributed by atoms with Gasteiger partial charge in [0.1, 0.15) is 0 Å². The van der Waals surface area contributed by atoms with Crippen LogP contribution in [0.3, 0.4) is 0 Å². The average molecular weight is 162 g/mol. The lowest BCUT2D eigenvalue weighted by Gasteiger charge is -2.14. The third kappa shape index (κ3) is 5.66. The van der Waals surface area contributed by atoms with Crippen molar-refractivity contribution in [1.82, 2.24) is 11.1 Å². The number of nitrogens with zero attached hydrogens (tertiary/aromatic N) is 1. The lowest BCUT2D eigenvalue weighted by Crippen LogP contribution is -2.27. The molecule has 0 aliphatic carbocycles. The fraction of sp³-hybridized carbons (Fsp3) is 0.857. The first kappa shape index (κ1) is 12.9. The van der Waals surface area contributed by atoms with Gasteiger partial charge in [0, 0.05) is 13.6 Å². The highest BCUT2D eigenvalue weighted by Gasteiger charge is 2.05.